The maximum Gasteiger partial charge on any atom is 0.0898 e. The third-order valence-corrected chi connectivity index (χ3v) is 3.91. The summed E-state index contributed by atoms with van der Waals surface area (Å²) in [6.45, 7) is 5.66. The molecular weight excluding hydrogens is 242 g/mol. The van der Waals surface area contributed by atoms with Gasteiger partial charge in [0.15, 0.2) is 0 Å². The van der Waals surface area contributed by atoms with E-state index in [0.717, 1.165) is 39.4 Å². The molecule has 0 N–H and O–H groups in total. The fourth-order valence-corrected chi connectivity index (χ4v) is 2.91. The number of hydrogen-bond acceptors (Lipinski definition) is 4. The molecule has 5 nitrogen and oxygen atoms in total. The zero-order valence-corrected chi connectivity index (χ0v) is 11.4. The molecule has 2 fully saturated rings. The summed E-state index contributed by atoms with van der Waals surface area (Å²) in [6.07, 6.45) is 8.23. The molecule has 0 amide bonds. The highest BCUT2D eigenvalue weighted by Crippen LogP contribution is 2.16. The molecule has 3 heterocycles. The van der Waals surface area contributed by atoms with E-state index < -0.39 is 0 Å². The van der Waals surface area contributed by atoms with Gasteiger partial charge in [-0.1, -0.05) is 0 Å². The monoisotopic (exact) mass is 265 g/mol. The van der Waals surface area contributed by atoms with Crippen LogP contribution in [0.5, 0.6) is 0 Å². The molecule has 0 bridgehead atoms. The van der Waals surface area contributed by atoms with Crippen molar-refractivity contribution in [1.29, 1.82) is 0 Å². The second-order valence-electron chi connectivity index (χ2n) is 5.47. The van der Waals surface area contributed by atoms with Gasteiger partial charge >= 0.3 is 0 Å². The largest absolute Gasteiger partial charge is 0.377 e. The molecule has 0 saturated carbocycles. The molecular formula is C14H23N3O2. The van der Waals surface area contributed by atoms with Crippen LogP contribution in [-0.4, -0.2) is 59.7 Å². The maximum absolute atomic E-state index is 5.83. The standard InChI is InChI=1S/C14H23N3O2/c1-2-8-18-13(4-1)10-16-7-9-19-14(11-16)12-17-6-3-5-15-17/h3,5-6,13-14H,1-2,4,7-12H2/t13-,14+/m1/s1. The molecule has 2 saturated heterocycles. The Balaban J connectivity index is 1.47. The lowest BCUT2D eigenvalue weighted by molar-refractivity contribution is -0.0650. The first-order chi connectivity index (χ1) is 9.40. The van der Waals surface area contributed by atoms with E-state index in [2.05, 4.69) is 10.00 Å². The van der Waals surface area contributed by atoms with Crippen LogP contribution < -0.4 is 0 Å². The Morgan fingerprint density at radius 3 is 2.84 bits per heavy atom. The van der Waals surface area contributed by atoms with Crippen molar-refractivity contribution in [2.75, 3.05) is 32.8 Å². The van der Waals surface area contributed by atoms with Crippen molar-refractivity contribution < 1.29 is 9.47 Å². The van der Waals surface area contributed by atoms with Crippen LogP contribution in [0, 0.1) is 0 Å². The van der Waals surface area contributed by atoms with Crippen LogP contribution in [-0.2, 0) is 16.0 Å². The van der Waals surface area contributed by atoms with Gasteiger partial charge < -0.3 is 9.47 Å². The van der Waals surface area contributed by atoms with E-state index in [-0.39, 0.29) is 6.10 Å². The minimum atomic E-state index is 0.247. The van der Waals surface area contributed by atoms with Crippen LogP contribution in [0.4, 0.5) is 0 Å². The summed E-state index contributed by atoms with van der Waals surface area (Å²) in [7, 11) is 0. The van der Waals surface area contributed by atoms with Gasteiger partial charge in [0.25, 0.3) is 0 Å². The average Bonchev–Trinajstić information content (AvgIpc) is 2.93. The predicted molar refractivity (Wildman–Crippen MR) is 72.0 cm³/mol. The summed E-state index contributed by atoms with van der Waals surface area (Å²) in [4.78, 5) is 2.48. The lowest BCUT2D eigenvalue weighted by Crippen LogP contribution is -2.47. The van der Waals surface area contributed by atoms with Gasteiger partial charge in [-0.2, -0.15) is 5.10 Å². The Hall–Kier alpha value is -0.910. The number of hydrogen-bond donors (Lipinski definition) is 0. The Morgan fingerprint density at radius 1 is 1.11 bits per heavy atom. The van der Waals surface area contributed by atoms with Gasteiger partial charge in [0, 0.05) is 38.6 Å². The topological polar surface area (TPSA) is 39.5 Å². The van der Waals surface area contributed by atoms with Gasteiger partial charge in [-0.25, -0.2) is 0 Å². The summed E-state index contributed by atoms with van der Waals surface area (Å²) < 4.78 is 13.6. The summed E-state index contributed by atoms with van der Waals surface area (Å²) in [5.41, 5.74) is 0. The van der Waals surface area contributed by atoms with Gasteiger partial charge in [0.2, 0.25) is 0 Å². The van der Waals surface area contributed by atoms with E-state index in [0.29, 0.717) is 6.10 Å². The van der Waals surface area contributed by atoms with Gasteiger partial charge in [0.05, 0.1) is 25.4 Å². The van der Waals surface area contributed by atoms with Crippen molar-refractivity contribution in [3.8, 4) is 0 Å². The van der Waals surface area contributed by atoms with E-state index in [9.17, 15) is 0 Å². The predicted octanol–water partition coefficient (Wildman–Crippen LogP) is 1.15. The number of ether oxygens (including phenoxy) is 2. The molecule has 0 spiro atoms. The van der Waals surface area contributed by atoms with Crippen LogP contribution >= 0.6 is 0 Å². The van der Waals surface area contributed by atoms with Gasteiger partial charge in [0.1, 0.15) is 0 Å². The first-order valence-corrected chi connectivity index (χ1v) is 7.33. The fraction of sp³-hybridized carbons (Fsp3) is 0.786. The normalized spacial score (nSPS) is 29.5. The second kappa shape index (κ2) is 6.50. The van der Waals surface area contributed by atoms with Crippen molar-refractivity contribution in [3.05, 3.63) is 18.5 Å². The molecule has 2 aliphatic heterocycles. The summed E-state index contributed by atoms with van der Waals surface area (Å²) in [5, 5.41) is 4.24. The molecule has 2 aliphatic rings. The molecule has 1 aromatic rings. The maximum atomic E-state index is 5.83. The zero-order valence-electron chi connectivity index (χ0n) is 11.4. The van der Waals surface area contributed by atoms with Crippen molar-refractivity contribution in [2.45, 2.75) is 38.0 Å². The first kappa shape index (κ1) is 13.1. The first-order valence-electron chi connectivity index (χ1n) is 7.33. The highest BCUT2D eigenvalue weighted by atomic mass is 16.5. The van der Waals surface area contributed by atoms with E-state index in [1.807, 2.05) is 23.1 Å². The van der Waals surface area contributed by atoms with E-state index in [1.54, 1.807) is 0 Å². The molecule has 106 valence electrons. The molecule has 3 rings (SSSR count). The summed E-state index contributed by atoms with van der Waals surface area (Å²) >= 11 is 0. The molecule has 19 heavy (non-hydrogen) atoms. The van der Waals surface area contributed by atoms with Crippen LogP contribution in [0.15, 0.2) is 18.5 Å². The van der Waals surface area contributed by atoms with Crippen LogP contribution in [0.1, 0.15) is 19.3 Å². The number of aromatic nitrogens is 2. The average molecular weight is 265 g/mol. The molecule has 2 atom stereocenters. The summed E-state index contributed by atoms with van der Waals surface area (Å²) in [5.74, 6) is 0. The van der Waals surface area contributed by atoms with E-state index in [4.69, 9.17) is 9.47 Å². The van der Waals surface area contributed by atoms with Crippen molar-refractivity contribution in [1.82, 2.24) is 14.7 Å². The number of nitrogens with zero attached hydrogens (tertiary/aromatic N) is 3. The second-order valence-corrected chi connectivity index (χ2v) is 5.47. The Morgan fingerprint density at radius 2 is 2.05 bits per heavy atom. The highest BCUT2D eigenvalue weighted by Gasteiger charge is 2.24. The molecule has 0 aromatic carbocycles. The van der Waals surface area contributed by atoms with Crippen molar-refractivity contribution >= 4 is 0 Å². The third-order valence-electron chi connectivity index (χ3n) is 3.91. The van der Waals surface area contributed by atoms with Gasteiger partial charge in [-0.15, -0.1) is 0 Å². The smallest absolute Gasteiger partial charge is 0.0898 e. The molecule has 0 aliphatic carbocycles. The zero-order chi connectivity index (χ0) is 12.9. The van der Waals surface area contributed by atoms with Crippen LogP contribution in [0.25, 0.3) is 0 Å². The van der Waals surface area contributed by atoms with Crippen molar-refractivity contribution in [3.63, 3.8) is 0 Å². The lowest BCUT2D eigenvalue weighted by atomic mass is 10.1. The number of rotatable bonds is 4. The molecule has 5 heteroatoms. The van der Waals surface area contributed by atoms with Crippen LogP contribution in [0.2, 0.25) is 0 Å². The minimum absolute atomic E-state index is 0.247. The Bertz CT molecular complexity index is 363. The van der Waals surface area contributed by atoms with E-state index in [1.165, 1.54) is 19.3 Å². The fourth-order valence-electron chi connectivity index (χ4n) is 2.91. The van der Waals surface area contributed by atoms with Gasteiger partial charge in [-0.3, -0.25) is 9.58 Å². The lowest BCUT2D eigenvalue weighted by Gasteiger charge is -2.35. The third kappa shape index (κ3) is 3.78. The van der Waals surface area contributed by atoms with Gasteiger partial charge in [-0.05, 0) is 25.3 Å². The Kier molecular flexibility index (Phi) is 4.48. The highest BCUT2D eigenvalue weighted by molar-refractivity contribution is 4.81. The Labute approximate surface area is 114 Å². The van der Waals surface area contributed by atoms with E-state index >= 15 is 0 Å². The molecule has 1 aromatic heterocycles. The number of morpholine rings is 1. The quantitative estimate of drug-likeness (QED) is 0.819. The van der Waals surface area contributed by atoms with Crippen LogP contribution in [0.3, 0.4) is 0 Å². The SMILES string of the molecule is c1cnn(C[C@@H]2CN(C[C@H]3CCCCO3)CCO2)c1. The summed E-state index contributed by atoms with van der Waals surface area (Å²) in [6, 6.07) is 1.95. The molecule has 0 radical (unpaired) electrons. The molecule has 0 unspecified atom stereocenters. The van der Waals surface area contributed by atoms with Crippen molar-refractivity contribution in [2.24, 2.45) is 0 Å². The minimum Gasteiger partial charge on any atom is -0.377 e.